The molecule has 0 bridgehead atoms. The highest BCUT2D eigenvalue weighted by Crippen LogP contribution is 2.45. The molecule has 1 aromatic carbocycles. The van der Waals surface area contributed by atoms with E-state index in [1.165, 1.54) is 18.9 Å². The minimum atomic E-state index is -0.859. The largest absolute Gasteiger partial charge is 0.497 e. The molecule has 36 heavy (non-hydrogen) atoms. The van der Waals surface area contributed by atoms with Gasteiger partial charge in [0.2, 0.25) is 0 Å². The molecule has 194 valence electrons. The number of esters is 2. The predicted octanol–water partition coefficient (Wildman–Crippen LogP) is 3.55. The number of carbonyl (C=O) groups is 3. The van der Waals surface area contributed by atoms with Crippen molar-refractivity contribution in [2.45, 2.75) is 70.8 Å². The molecule has 10 nitrogen and oxygen atoms in total. The zero-order valence-electron chi connectivity index (χ0n) is 21.5. The van der Waals surface area contributed by atoms with E-state index in [4.69, 9.17) is 28.7 Å². The number of hydrogen-bond acceptors (Lipinski definition) is 9. The lowest BCUT2D eigenvalue weighted by atomic mass is 9.87. The van der Waals surface area contributed by atoms with Crippen LogP contribution in [0.25, 0.3) is 10.9 Å². The summed E-state index contributed by atoms with van der Waals surface area (Å²) in [6.45, 7) is 6.71. The Morgan fingerprint density at radius 1 is 1.22 bits per heavy atom. The Bertz CT molecular complexity index is 1200. The Morgan fingerprint density at radius 2 is 1.97 bits per heavy atom. The van der Waals surface area contributed by atoms with Crippen LogP contribution >= 0.6 is 0 Å². The third kappa shape index (κ3) is 5.03. The fourth-order valence-electron chi connectivity index (χ4n) is 4.79. The van der Waals surface area contributed by atoms with Crippen molar-refractivity contribution in [1.82, 2.24) is 9.88 Å². The van der Waals surface area contributed by atoms with Crippen LogP contribution in [0.3, 0.4) is 0 Å². The average Bonchev–Trinajstić information content (AvgIpc) is 3.19. The second-order valence-electron chi connectivity index (χ2n) is 10.2. The van der Waals surface area contributed by atoms with Gasteiger partial charge in [0.05, 0.1) is 26.3 Å². The maximum atomic E-state index is 13.0. The Morgan fingerprint density at radius 3 is 2.61 bits per heavy atom. The third-order valence-corrected chi connectivity index (χ3v) is 6.38. The zero-order valence-corrected chi connectivity index (χ0v) is 21.5. The van der Waals surface area contributed by atoms with Crippen molar-refractivity contribution in [2.24, 2.45) is 0 Å². The molecule has 2 aliphatic heterocycles. The molecule has 0 aliphatic carbocycles. The number of aromatic nitrogens is 1. The van der Waals surface area contributed by atoms with Gasteiger partial charge in [0, 0.05) is 24.3 Å². The number of pyridine rings is 1. The highest BCUT2D eigenvalue weighted by Gasteiger charge is 2.53. The van der Waals surface area contributed by atoms with Gasteiger partial charge in [-0.05, 0) is 51.8 Å². The first-order valence-corrected chi connectivity index (χ1v) is 11.8. The molecule has 1 spiro atoms. The molecule has 0 N–H and O–H groups in total. The van der Waals surface area contributed by atoms with Gasteiger partial charge in [-0.3, -0.25) is 9.69 Å². The van der Waals surface area contributed by atoms with E-state index in [9.17, 15) is 14.4 Å². The van der Waals surface area contributed by atoms with Gasteiger partial charge >= 0.3 is 18.0 Å². The van der Waals surface area contributed by atoms with Gasteiger partial charge in [0.15, 0.2) is 0 Å². The number of hydrogen-bond donors (Lipinski definition) is 0. The van der Waals surface area contributed by atoms with E-state index in [1.54, 1.807) is 27.9 Å². The average molecular weight is 501 g/mol. The van der Waals surface area contributed by atoms with Gasteiger partial charge in [-0.2, -0.15) is 0 Å². The second-order valence-corrected chi connectivity index (χ2v) is 10.2. The van der Waals surface area contributed by atoms with Gasteiger partial charge in [-0.1, -0.05) is 0 Å². The first-order chi connectivity index (χ1) is 16.9. The van der Waals surface area contributed by atoms with Gasteiger partial charge < -0.3 is 23.7 Å². The van der Waals surface area contributed by atoms with Crippen molar-refractivity contribution in [3.8, 4) is 11.5 Å². The van der Waals surface area contributed by atoms with Crippen molar-refractivity contribution in [3.63, 3.8) is 0 Å². The van der Waals surface area contributed by atoms with Crippen molar-refractivity contribution < 1.29 is 38.1 Å². The van der Waals surface area contributed by atoms with Gasteiger partial charge in [-0.15, -0.1) is 0 Å². The Balaban J connectivity index is 1.74. The summed E-state index contributed by atoms with van der Waals surface area (Å²) in [7, 11) is 2.89. The number of ether oxygens (including phenoxy) is 5. The summed E-state index contributed by atoms with van der Waals surface area (Å²) in [5.41, 5.74) is 0.527. The number of aryl methyl sites for hydroxylation is 1. The first kappa shape index (κ1) is 25.5. The van der Waals surface area contributed by atoms with Crippen molar-refractivity contribution in [2.75, 3.05) is 20.8 Å². The van der Waals surface area contributed by atoms with Gasteiger partial charge in [-0.25, -0.2) is 14.6 Å². The fourth-order valence-corrected chi connectivity index (χ4v) is 4.79. The van der Waals surface area contributed by atoms with E-state index >= 15 is 0 Å². The van der Waals surface area contributed by atoms with Crippen LogP contribution in [-0.2, 0) is 36.8 Å². The molecule has 2 aliphatic rings. The summed E-state index contributed by atoms with van der Waals surface area (Å²) >= 11 is 0. The Hall–Kier alpha value is -3.56. The molecule has 2 atom stereocenters. The lowest BCUT2D eigenvalue weighted by molar-refractivity contribution is -0.146. The normalized spacial score (nSPS) is 21.1. The molecule has 2 unspecified atom stereocenters. The van der Waals surface area contributed by atoms with Crippen LogP contribution in [0.4, 0.5) is 4.79 Å². The molecule has 0 saturated carbocycles. The highest BCUT2D eigenvalue weighted by molar-refractivity contribution is 5.87. The smallest absolute Gasteiger partial charge is 0.411 e. The Labute approximate surface area is 209 Å². The van der Waals surface area contributed by atoms with Gasteiger partial charge in [0.25, 0.3) is 0 Å². The number of methoxy groups -OCH3 is 2. The molecule has 4 rings (SSSR count). The van der Waals surface area contributed by atoms with E-state index in [0.717, 1.165) is 16.5 Å². The minimum Gasteiger partial charge on any atom is -0.497 e. The summed E-state index contributed by atoms with van der Waals surface area (Å²) in [5, 5.41) is 0.872. The lowest BCUT2D eigenvalue weighted by Crippen LogP contribution is -2.46. The minimum absolute atomic E-state index is 0.0636. The van der Waals surface area contributed by atoms with Crippen LogP contribution in [-0.4, -0.2) is 65.9 Å². The summed E-state index contributed by atoms with van der Waals surface area (Å²) in [5.74, 6) is 0.211. The molecule has 1 fully saturated rings. The van der Waals surface area contributed by atoms with Crippen molar-refractivity contribution >= 4 is 28.9 Å². The number of rotatable bonds is 4. The second kappa shape index (κ2) is 9.48. The quantitative estimate of drug-likeness (QED) is 0.459. The van der Waals surface area contributed by atoms with Crippen LogP contribution in [0.1, 0.15) is 51.8 Å². The number of amides is 1. The maximum Gasteiger partial charge on any atom is 0.411 e. The topological polar surface area (TPSA) is 113 Å². The molecule has 1 saturated heterocycles. The zero-order chi connectivity index (χ0) is 26.3. The lowest BCUT2D eigenvalue weighted by Gasteiger charge is -2.36. The SMILES string of the molecule is COC(=O)C1CC2(CCc3c(c(COC(C)=O)nc4ccc(OC)cc34)O2)CN1C(=O)OC(C)(C)C. The van der Waals surface area contributed by atoms with Gasteiger partial charge in [0.1, 0.15) is 41.0 Å². The molecule has 1 aromatic heterocycles. The summed E-state index contributed by atoms with van der Waals surface area (Å²) < 4.78 is 27.8. The van der Waals surface area contributed by atoms with Crippen LogP contribution in [0.15, 0.2) is 18.2 Å². The molecule has 3 heterocycles. The van der Waals surface area contributed by atoms with Crippen molar-refractivity contribution in [1.29, 1.82) is 0 Å². The summed E-state index contributed by atoms with van der Waals surface area (Å²) in [6.07, 6.45) is 0.785. The van der Waals surface area contributed by atoms with E-state index in [0.29, 0.717) is 30.0 Å². The number of likely N-dealkylation sites (tertiary alicyclic amines) is 1. The van der Waals surface area contributed by atoms with Crippen LogP contribution in [0.2, 0.25) is 0 Å². The maximum absolute atomic E-state index is 13.0. The number of benzene rings is 1. The number of nitrogens with zero attached hydrogens (tertiary/aromatic N) is 2. The molecule has 10 heteroatoms. The van der Waals surface area contributed by atoms with E-state index in [1.807, 2.05) is 18.2 Å². The predicted molar refractivity (Wildman–Crippen MR) is 129 cm³/mol. The Kier molecular flexibility index (Phi) is 6.72. The van der Waals surface area contributed by atoms with Crippen molar-refractivity contribution in [3.05, 3.63) is 29.5 Å². The molecule has 2 aromatic rings. The highest BCUT2D eigenvalue weighted by atomic mass is 16.6. The number of carbonyl (C=O) groups excluding carboxylic acids is 3. The van der Waals surface area contributed by atoms with E-state index in [-0.39, 0.29) is 19.6 Å². The first-order valence-electron chi connectivity index (χ1n) is 11.8. The van der Waals surface area contributed by atoms with E-state index in [2.05, 4.69) is 0 Å². The van der Waals surface area contributed by atoms with Crippen LogP contribution < -0.4 is 9.47 Å². The van der Waals surface area contributed by atoms with E-state index < -0.39 is 35.3 Å². The molecular formula is C26H32N2O8. The third-order valence-electron chi connectivity index (χ3n) is 6.38. The standard InChI is InChI=1S/C26H32N2O8/c1-15(29)34-13-20-22-17(18-11-16(32-5)7-8-19(18)27-20)9-10-26(35-22)12-21(23(30)33-6)28(14-26)24(31)36-25(2,3)4/h7-8,11,21H,9-10,12-14H2,1-6H3. The number of fused-ring (bicyclic) bond motifs is 3. The van der Waals surface area contributed by atoms with Crippen LogP contribution in [0.5, 0.6) is 11.5 Å². The summed E-state index contributed by atoms with van der Waals surface area (Å²) in [4.78, 5) is 43.3. The molecule has 0 radical (unpaired) electrons. The summed E-state index contributed by atoms with van der Waals surface area (Å²) in [6, 6.07) is 4.72. The van der Waals surface area contributed by atoms with Crippen LogP contribution in [0, 0.1) is 0 Å². The monoisotopic (exact) mass is 500 g/mol. The molecular weight excluding hydrogens is 468 g/mol. The fraction of sp³-hybridized carbons (Fsp3) is 0.538. The molecule has 1 amide bonds.